The van der Waals surface area contributed by atoms with E-state index in [1.54, 1.807) is 0 Å². The number of likely N-dealkylation sites (N-methyl/N-ethyl adjacent to an activating group) is 1. The molecule has 0 saturated carbocycles. The second kappa shape index (κ2) is 9.43. The van der Waals surface area contributed by atoms with Crippen LogP contribution >= 0.6 is 0 Å². The molecule has 1 aromatic heterocycles. The maximum Gasteiger partial charge on any atom is 0.255 e. The Bertz CT molecular complexity index is 1060. The van der Waals surface area contributed by atoms with Gasteiger partial charge in [0.05, 0.1) is 11.0 Å². The molecule has 0 aliphatic carbocycles. The Hall–Kier alpha value is -2.70. The third-order valence-corrected chi connectivity index (χ3v) is 6.02. The van der Waals surface area contributed by atoms with Crippen LogP contribution in [0, 0.1) is 5.41 Å². The number of H-pyrrole nitrogens is 1. The van der Waals surface area contributed by atoms with Crippen LogP contribution in [-0.4, -0.2) is 65.4 Å². The number of imidazole rings is 1. The number of carbonyl (C=O) groups excluding carboxylic acids is 1. The van der Waals surface area contributed by atoms with Gasteiger partial charge in [-0.15, -0.1) is 0 Å². The van der Waals surface area contributed by atoms with Crippen LogP contribution in [0.15, 0.2) is 42.5 Å². The minimum Gasteiger partial charge on any atom is -0.342 e. The third-order valence-electron chi connectivity index (χ3n) is 6.02. The first-order valence-corrected chi connectivity index (χ1v) is 11.5. The normalized spacial score (nSPS) is 15.9. The number of benzene rings is 2. The van der Waals surface area contributed by atoms with Crippen LogP contribution in [0.5, 0.6) is 0 Å². The number of nitrogens with one attached hydrogen (secondary N) is 2. The molecule has 1 aliphatic rings. The summed E-state index contributed by atoms with van der Waals surface area (Å²) in [5.74, 6) is 0.848. The number of aromatic amines is 1. The molecule has 4 rings (SSSR count). The molecule has 0 unspecified atom stereocenters. The molecule has 2 aromatic carbocycles. The minimum absolute atomic E-state index is 0.107. The van der Waals surface area contributed by atoms with E-state index < -0.39 is 0 Å². The number of hydrogen-bond donors (Lipinski definition) is 2. The molecule has 1 fully saturated rings. The molecule has 0 spiro atoms. The highest BCUT2D eigenvalue weighted by Gasteiger charge is 2.16. The third kappa shape index (κ3) is 5.96. The molecular weight excluding hydrogens is 398 g/mol. The number of amides is 1. The number of anilines is 1. The van der Waals surface area contributed by atoms with Crippen LogP contribution in [0.2, 0.25) is 0 Å². The number of carbonyl (C=O) groups is 1. The van der Waals surface area contributed by atoms with Gasteiger partial charge in [0, 0.05) is 50.4 Å². The van der Waals surface area contributed by atoms with Crippen LogP contribution in [0.4, 0.5) is 5.69 Å². The number of piperazine rings is 1. The fourth-order valence-corrected chi connectivity index (χ4v) is 4.11. The molecule has 6 heteroatoms. The zero-order chi connectivity index (χ0) is 22.7. The van der Waals surface area contributed by atoms with Crippen LogP contribution in [0.1, 0.15) is 42.5 Å². The van der Waals surface area contributed by atoms with E-state index in [1.807, 2.05) is 30.3 Å². The Labute approximate surface area is 191 Å². The zero-order valence-electron chi connectivity index (χ0n) is 19.7. The monoisotopic (exact) mass is 433 g/mol. The van der Waals surface area contributed by atoms with Gasteiger partial charge in [-0.2, -0.15) is 0 Å². The summed E-state index contributed by atoms with van der Waals surface area (Å²) in [6.45, 7) is 12.2. The van der Waals surface area contributed by atoms with Crippen molar-refractivity contribution in [2.45, 2.75) is 33.6 Å². The van der Waals surface area contributed by atoms with Crippen LogP contribution in [0.25, 0.3) is 11.0 Å². The largest absolute Gasteiger partial charge is 0.342 e. The van der Waals surface area contributed by atoms with Gasteiger partial charge in [0.2, 0.25) is 0 Å². The fraction of sp³-hybridized carbons (Fsp3) is 0.462. The summed E-state index contributed by atoms with van der Waals surface area (Å²) in [7, 11) is 2.18. The Balaban J connectivity index is 1.34. The Morgan fingerprint density at radius 3 is 2.47 bits per heavy atom. The molecule has 2 heterocycles. The predicted octanol–water partition coefficient (Wildman–Crippen LogP) is 4.19. The first-order chi connectivity index (χ1) is 15.2. The van der Waals surface area contributed by atoms with Crippen LogP contribution in [-0.2, 0) is 12.8 Å². The average Bonchev–Trinajstić information content (AvgIpc) is 3.14. The lowest BCUT2D eigenvalue weighted by atomic mass is 9.92. The molecule has 170 valence electrons. The summed E-state index contributed by atoms with van der Waals surface area (Å²) in [6, 6.07) is 13.8. The van der Waals surface area contributed by atoms with Gasteiger partial charge in [0.15, 0.2) is 0 Å². The molecule has 0 radical (unpaired) electrons. The van der Waals surface area contributed by atoms with E-state index in [-0.39, 0.29) is 11.3 Å². The van der Waals surface area contributed by atoms with Crippen molar-refractivity contribution < 1.29 is 4.79 Å². The van der Waals surface area contributed by atoms with Crippen molar-refractivity contribution in [2.24, 2.45) is 5.41 Å². The maximum atomic E-state index is 12.8. The van der Waals surface area contributed by atoms with Gasteiger partial charge < -0.3 is 20.1 Å². The van der Waals surface area contributed by atoms with Crippen molar-refractivity contribution in [3.8, 4) is 0 Å². The fourth-order valence-electron chi connectivity index (χ4n) is 4.11. The molecule has 3 aromatic rings. The van der Waals surface area contributed by atoms with Gasteiger partial charge in [0.25, 0.3) is 5.91 Å². The molecule has 2 N–H and O–H groups in total. The van der Waals surface area contributed by atoms with Gasteiger partial charge in [-0.05, 0) is 54.8 Å². The van der Waals surface area contributed by atoms with E-state index in [0.717, 1.165) is 68.1 Å². The van der Waals surface area contributed by atoms with Crippen molar-refractivity contribution in [3.05, 3.63) is 59.4 Å². The maximum absolute atomic E-state index is 12.8. The summed E-state index contributed by atoms with van der Waals surface area (Å²) in [5.41, 5.74) is 4.69. The molecule has 1 saturated heterocycles. The lowest BCUT2D eigenvalue weighted by molar-refractivity contribution is 0.102. The van der Waals surface area contributed by atoms with Crippen molar-refractivity contribution in [3.63, 3.8) is 0 Å². The standard InChI is InChI=1S/C26H35N5O/c1-26(2,3)18-24-28-22-10-7-20(17-23(22)29-24)25(32)27-21-8-5-19(6-9-21)11-12-31-15-13-30(4)14-16-31/h5-10,17H,11-16,18H2,1-4H3,(H,27,32)(H,28,29). The minimum atomic E-state index is -0.107. The Morgan fingerprint density at radius 1 is 1.06 bits per heavy atom. The highest BCUT2D eigenvalue weighted by molar-refractivity contribution is 6.05. The van der Waals surface area contributed by atoms with Gasteiger partial charge in [0.1, 0.15) is 5.82 Å². The first kappa shape index (κ1) is 22.5. The molecular formula is C26H35N5O. The van der Waals surface area contributed by atoms with Crippen molar-refractivity contribution in [1.29, 1.82) is 0 Å². The van der Waals surface area contributed by atoms with E-state index in [4.69, 9.17) is 0 Å². The topological polar surface area (TPSA) is 64.3 Å². The van der Waals surface area contributed by atoms with E-state index in [1.165, 1.54) is 5.56 Å². The number of aromatic nitrogens is 2. The number of hydrogen-bond acceptors (Lipinski definition) is 4. The molecule has 0 atom stereocenters. The number of rotatable bonds is 6. The lowest BCUT2D eigenvalue weighted by Crippen LogP contribution is -2.45. The van der Waals surface area contributed by atoms with Crippen molar-refractivity contribution in [1.82, 2.24) is 19.8 Å². The summed E-state index contributed by atoms with van der Waals surface area (Å²) < 4.78 is 0. The number of nitrogens with zero attached hydrogens (tertiary/aromatic N) is 3. The second-order valence-corrected chi connectivity index (χ2v) is 10.2. The van der Waals surface area contributed by atoms with E-state index in [9.17, 15) is 4.79 Å². The van der Waals surface area contributed by atoms with Crippen molar-refractivity contribution >= 4 is 22.6 Å². The SMILES string of the molecule is CN1CCN(CCc2ccc(NC(=O)c3ccc4nc(CC(C)(C)C)[nH]c4c3)cc2)CC1. The van der Waals surface area contributed by atoms with Gasteiger partial charge in [-0.1, -0.05) is 32.9 Å². The van der Waals surface area contributed by atoms with Crippen LogP contribution < -0.4 is 5.32 Å². The zero-order valence-corrected chi connectivity index (χ0v) is 19.7. The molecule has 0 bridgehead atoms. The van der Waals surface area contributed by atoms with Gasteiger partial charge in [-0.3, -0.25) is 4.79 Å². The molecule has 1 amide bonds. The summed E-state index contributed by atoms with van der Waals surface area (Å²) in [5, 5.41) is 3.02. The summed E-state index contributed by atoms with van der Waals surface area (Å²) in [6.07, 6.45) is 1.90. The quantitative estimate of drug-likeness (QED) is 0.612. The highest BCUT2D eigenvalue weighted by atomic mass is 16.1. The van der Waals surface area contributed by atoms with E-state index in [0.29, 0.717) is 5.56 Å². The van der Waals surface area contributed by atoms with Gasteiger partial charge in [-0.25, -0.2) is 4.98 Å². The van der Waals surface area contributed by atoms with E-state index >= 15 is 0 Å². The smallest absolute Gasteiger partial charge is 0.255 e. The Kier molecular flexibility index (Phi) is 6.63. The second-order valence-electron chi connectivity index (χ2n) is 10.2. The first-order valence-electron chi connectivity index (χ1n) is 11.5. The van der Waals surface area contributed by atoms with E-state index in [2.05, 4.69) is 65.0 Å². The number of fused-ring (bicyclic) bond motifs is 1. The predicted molar refractivity (Wildman–Crippen MR) is 131 cm³/mol. The van der Waals surface area contributed by atoms with Gasteiger partial charge >= 0.3 is 0 Å². The Morgan fingerprint density at radius 2 is 1.78 bits per heavy atom. The van der Waals surface area contributed by atoms with Crippen molar-refractivity contribution in [2.75, 3.05) is 45.1 Å². The molecule has 1 aliphatic heterocycles. The molecule has 6 nitrogen and oxygen atoms in total. The summed E-state index contributed by atoms with van der Waals surface area (Å²) in [4.78, 5) is 25.7. The lowest BCUT2D eigenvalue weighted by Gasteiger charge is -2.32. The van der Waals surface area contributed by atoms with Crippen LogP contribution in [0.3, 0.4) is 0 Å². The average molecular weight is 434 g/mol. The highest BCUT2D eigenvalue weighted by Crippen LogP contribution is 2.22. The molecule has 32 heavy (non-hydrogen) atoms. The summed E-state index contributed by atoms with van der Waals surface area (Å²) >= 11 is 0.